The van der Waals surface area contributed by atoms with Crippen LogP contribution in [0.4, 0.5) is 0 Å². The zero-order chi connectivity index (χ0) is 9.23. The molecule has 0 aromatic rings. The molecule has 0 spiro atoms. The minimum absolute atomic E-state index is 1.09. The van der Waals surface area contributed by atoms with E-state index < -0.39 is 0 Å². The predicted octanol–water partition coefficient (Wildman–Crippen LogP) is 4.63. The van der Waals surface area contributed by atoms with Crippen LogP contribution in [-0.2, 0) is 0 Å². The Bertz CT molecular complexity index is 166. The third-order valence-electron chi connectivity index (χ3n) is 1.60. The van der Waals surface area contributed by atoms with Crippen LogP contribution in [0, 0.1) is 0 Å². The second kappa shape index (κ2) is 9.04. The Kier molecular flexibility index (Phi) is 9.00. The maximum absolute atomic E-state index is 3.68. The highest BCUT2D eigenvalue weighted by Crippen LogP contribution is 2.07. The summed E-state index contributed by atoms with van der Waals surface area (Å²) in [5.41, 5.74) is 1.46. The van der Waals surface area contributed by atoms with Gasteiger partial charge in [0.05, 0.1) is 0 Å². The van der Waals surface area contributed by atoms with E-state index in [1.165, 1.54) is 18.4 Å². The average Bonchev–Trinajstić information content (AvgIpc) is 2.10. The zero-order valence-electron chi connectivity index (χ0n) is 7.72. The molecular formula is C11H17I. The van der Waals surface area contributed by atoms with E-state index in [4.69, 9.17) is 0 Å². The Morgan fingerprint density at radius 1 is 1.25 bits per heavy atom. The van der Waals surface area contributed by atoms with Gasteiger partial charge in [-0.15, -0.1) is 6.58 Å². The highest BCUT2D eigenvalue weighted by Gasteiger charge is 1.84. The van der Waals surface area contributed by atoms with Gasteiger partial charge in [-0.1, -0.05) is 46.4 Å². The number of rotatable bonds is 6. The summed E-state index contributed by atoms with van der Waals surface area (Å²) < 4.78 is 2.15. The molecule has 0 atom stereocenters. The molecule has 0 radical (unpaired) electrons. The molecule has 0 aliphatic carbocycles. The van der Waals surface area contributed by atoms with E-state index >= 15 is 0 Å². The summed E-state index contributed by atoms with van der Waals surface area (Å²) >= 11 is 2.29. The largest absolute Gasteiger partial charge is 0.103 e. The summed E-state index contributed by atoms with van der Waals surface area (Å²) in [5.74, 6) is 0. The molecule has 0 nitrogen and oxygen atoms in total. The Morgan fingerprint density at radius 3 is 2.50 bits per heavy atom. The van der Waals surface area contributed by atoms with Crippen LogP contribution >= 0.6 is 22.6 Å². The summed E-state index contributed by atoms with van der Waals surface area (Å²) in [6.45, 7) is 5.85. The molecule has 0 unspecified atom stereocenters. The summed E-state index contributed by atoms with van der Waals surface area (Å²) in [6, 6.07) is 0. The summed E-state index contributed by atoms with van der Waals surface area (Å²) in [7, 11) is 0. The van der Waals surface area contributed by atoms with Crippen molar-refractivity contribution in [3.63, 3.8) is 0 Å². The van der Waals surface area contributed by atoms with Gasteiger partial charge in [0.1, 0.15) is 0 Å². The molecule has 0 heterocycles. The van der Waals surface area contributed by atoms with Crippen LogP contribution in [0.3, 0.4) is 0 Å². The normalized spacial score (nSPS) is 12.3. The summed E-state index contributed by atoms with van der Waals surface area (Å²) in [5, 5.41) is 0. The van der Waals surface area contributed by atoms with Gasteiger partial charge in [0.2, 0.25) is 0 Å². The van der Waals surface area contributed by atoms with Gasteiger partial charge in [0.15, 0.2) is 0 Å². The lowest BCUT2D eigenvalue weighted by Gasteiger charge is -1.93. The number of allylic oxidation sites excluding steroid dienone is 4. The van der Waals surface area contributed by atoms with E-state index in [1.54, 1.807) is 0 Å². The van der Waals surface area contributed by atoms with Crippen LogP contribution in [-0.4, -0.2) is 0 Å². The van der Waals surface area contributed by atoms with Gasteiger partial charge in [-0.05, 0) is 36.7 Å². The van der Waals surface area contributed by atoms with Crippen LogP contribution < -0.4 is 0 Å². The van der Waals surface area contributed by atoms with Crippen molar-refractivity contribution >= 4 is 22.6 Å². The summed E-state index contributed by atoms with van der Waals surface area (Å²) in [4.78, 5) is 0. The van der Waals surface area contributed by atoms with Gasteiger partial charge >= 0.3 is 0 Å². The van der Waals surface area contributed by atoms with Gasteiger partial charge < -0.3 is 0 Å². The molecule has 0 aliphatic heterocycles. The van der Waals surface area contributed by atoms with E-state index in [0.29, 0.717) is 0 Å². The monoisotopic (exact) mass is 276 g/mol. The Balaban J connectivity index is 3.30. The van der Waals surface area contributed by atoms with Crippen molar-refractivity contribution < 1.29 is 0 Å². The number of halogens is 1. The molecular weight excluding hydrogens is 259 g/mol. The predicted molar refractivity (Wildman–Crippen MR) is 65.6 cm³/mol. The molecule has 1 heteroatoms. The first-order chi connectivity index (χ1) is 5.81. The van der Waals surface area contributed by atoms with Crippen LogP contribution in [0.25, 0.3) is 0 Å². The van der Waals surface area contributed by atoms with Crippen molar-refractivity contribution in [3.05, 3.63) is 34.5 Å². The smallest absolute Gasteiger partial charge is 0.0244 e. The van der Waals surface area contributed by atoms with Crippen LogP contribution in [0.1, 0.15) is 32.6 Å². The minimum atomic E-state index is 1.09. The molecule has 0 aromatic heterocycles. The Labute approximate surface area is 89.6 Å². The minimum Gasteiger partial charge on any atom is -0.103 e. The van der Waals surface area contributed by atoms with Crippen molar-refractivity contribution in [1.82, 2.24) is 0 Å². The van der Waals surface area contributed by atoms with E-state index in [9.17, 15) is 0 Å². The summed E-state index contributed by atoms with van der Waals surface area (Å²) in [6.07, 6.45) is 11.0. The molecule has 0 rings (SSSR count). The topological polar surface area (TPSA) is 0 Å². The highest BCUT2D eigenvalue weighted by molar-refractivity contribution is 14.1. The van der Waals surface area contributed by atoms with Gasteiger partial charge in [-0.2, -0.15) is 0 Å². The average molecular weight is 276 g/mol. The first-order valence-corrected chi connectivity index (χ1v) is 5.57. The second-order valence-corrected chi connectivity index (χ2v) is 3.45. The highest BCUT2D eigenvalue weighted by atomic mass is 127. The molecule has 68 valence electrons. The fourth-order valence-corrected chi connectivity index (χ4v) is 1.13. The van der Waals surface area contributed by atoms with Crippen LogP contribution in [0.2, 0.25) is 0 Å². The van der Waals surface area contributed by atoms with Crippen LogP contribution in [0.5, 0.6) is 0 Å². The van der Waals surface area contributed by atoms with Gasteiger partial charge in [0.25, 0.3) is 0 Å². The second-order valence-electron chi connectivity index (χ2n) is 2.83. The third kappa shape index (κ3) is 8.05. The molecule has 0 fully saturated rings. The molecule has 0 saturated heterocycles. The van der Waals surface area contributed by atoms with Crippen molar-refractivity contribution in [2.24, 2.45) is 0 Å². The molecule has 0 aliphatic rings. The Hall–Kier alpha value is -0.0500. The van der Waals surface area contributed by atoms with E-state index in [2.05, 4.69) is 52.3 Å². The Morgan fingerprint density at radius 2 is 1.92 bits per heavy atom. The molecule has 0 N–H and O–H groups in total. The van der Waals surface area contributed by atoms with Crippen molar-refractivity contribution in [3.8, 4) is 0 Å². The number of hydrogen-bond acceptors (Lipinski definition) is 0. The van der Waals surface area contributed by atoms with Gasteiger partial charge in [-0.25, -0.2) is 0 Å². The SMILES string of the molecule is C=CCC/C=C/CC/C(C)=C/I. The van der Waals surface area contributed by atoms with E-state index in [-0.39, 0.29) is 0 Å². The van der Waals surface area contributed by atoms with Gasteiger partial charge in [0, 0.05) is 0 Å². The van der Waals surface area contributed by atoms with Crippen molar-refractivity contribution in [2.45, 2.75) is 32.6 Å². The van der Waals surface area contributed by atoms with E-state index in [1.807, 2.05) is 6.08 Å². The third-order valence-corrected chi connectivity index (χ3v) is 2.66. The van der Waals surface area contributed by atoms with Crippen molar-refractivity contribution in [1.29, 1.82) is 0 Å². The fourth-order valence-electron chi connectivity index (χ4n) is 0.815. The van der Waals surface area contributed by atoms with Crippen molar-refractivity contribution in [2.75, 3.05) is 0 Å². The lowest BCUT2D eigenvalue weighted by molar-refractivity contribution is 0.964. The zero-order valence-corrected chi connectivity index (χ0v) is 9.88. The maximum atomic E-state index is 3.68. The van der Waals surface area contributed by atoms with Crippen LogP contribution in [0.15, 0.2) is 34.5 Å². The first kappa shape index (κ1) is 11.9. The molecule has 0 aromatic carbocycles. The van der Waals surface area contributed by atoms with E-state index in [0.717, 1.165) is 12.8 Å². The lowest BCUT2D eigenvalue weighted by atomic mass is 10.2. The first-order valence-electron chi connectivity index (χ1n) is 4.33. The maximum Gasteiger partial charge on any atom is -0.0244 e. The molecule has 0 bridgehead atoms. The molecule has 12 heavy (non-hydrogen) atoms. The molecule has 0 amide bonds. The van der Waals surface area contributed by atoms with Gasteiger partial charge in [-0.3, -0.25) is 0 Å². The number of unbranched alkanes of at least 4 members (excludes halogenated alkanes) is 1. The quantitative estimate of drug-likeness (QED) is 0.377. The fraction of sp³-hybridized carbons (Fsp3) is 0.455. The standard InChI is InChI=1S/C11H17I/c1-3-4-5-6-7-8-9-11(2)10-12/h3,6-7,10H,1,4-5,8-9H2,2H3/b7-6+,11-10+. The number of hydrogen-bond donors (Lipinski definition) is 0. The molecule has 0 saturated carbocycles. The lowest BCUT2D eigenvalue weighted by Crippen LogP contribution is -1.73.